The molecule has 0 unspecified atom stereocenters. The molecule has 9 heteroatoms. The van der Waals surface area contributed by atoms with E-state index in [9.17, 15) is 8.42 Å². The summed E-state index contributed by atoms with van der Waals surface area (Å²) in [4.78, 5) is 4.85. The second kappa shape index (κ2) is 6.15. The molecule has 130 valence electrons. The summed E-state index contributed by atoms with van der Waals surface area (Å²) in [5.41, 5.74) is 13.0. The Hall–Kier alpha value is -2.41. The van der Waals surface area contributed by atoms with Gasteiger partial charge in [-0.2, -0.15) is 5.26 Å². The van der Waals surface area contributed by atoms with Gasteiger partial charge in [0.15, 0.2) is 5.66 Å². The van der Waals surface area contributed by atoms with Crippen molar-refractivity contribution in [3.05, 3.63) is 46.2 Å². The molecule has 2 aromatic rings. The van der Waals surface area contributed by atoms with Crippen molar-refractivity contribution in [2.24, 2.45) is 16.5 Å². The Labute approximate surface area is 150 Å². The average Bonchev–Trinajstić information content (AvgIpc) is 3.04. The Morgan fingerprint density at radius 1 is 1.40 bits per heavy atom. The third-order valence-electron chi connectivity index (χ3n) is 3.95. The van der Waals surface area contributed by atoms with E-state index in [4.69, 9.17) is 16.7 Å². The van der Waals surface area contributed by atoms with E-state index in [0.29, 0.717) is 10.4 Å². The van der Waals surface area contributed by atoms with Crippen LogP contribution >= 0.6 is 11.3 Å². The Morgan fingerprint density at radius 2 is 2.16 bits per heavy atom. The first-order chi connectivity index (χ1) is 11.8. The second-order valence-electron chi connectivity index (χ2n) is 5.71. The SMILES string of the molecule is CCN1C(N)=N[C@](N)(c2cc(-c3cccc(C#N)c3)cs2)CS1(=O)=O. The molecule has 1 aromatic carbocycles. The maximum Gasteiger partial charge on any atom is 0.241 e. The number of aliphatic imine (C=N–C) groups is 1. The number of hydrogen-bond donors (Lipinski definition) is 2. The summed E-state index contributed by atoms with van der Waals surface area (Å²) in [5, 5.41) is 10.9. The van der Waals surface area contributed by atoms with Gasteiger partial charge in [-0.05, 0) is 41.6 Å². The van der Waals surface area contributed by atoms with Crippen LogP contribution in [0, 0.1) is 11.3 Å². The summed E-state index contributed by atoms with van der Waals surface area (Å²) in [6, 6.07) is 11.1. The number of guanidine groups is 1. The summed E-state index contributed by atoms with van der Waals surface area (Å²) in [5.74, 6) is -0.440. The highest BCUT2D eigenvalue weighted by Gasteiger charge is 2.42. The van der Waals surface area contributed by atoms with Gasteiger partial charge in [0.1, 0.15) is 5.75 Å². The molecule has 0 bridgehead atoms. The van der Waals surface area contributed by atoms with E-state index in [1.165, 1.54) is 11.3 Å². The van der Waals surface area contributed by atoms with Gasteiger partial charge in [-0.1, -0.05) is 12.1 Å². The monoisotopic (exact) mass is 375 g/mol. The zero-order valence-corrected chi connectivity index (χ0v) is 15.1. The van der Waals surface area contributed by atoms with E-state index >= 15 is 0 Å². The van der Waals surface area contributed by atoms with Gasteiger partial charge in [0, 0.05) is 11.4 Å². The van der Waals surface area contributed by atoms with Crippen molar-refractivity contribution in [3.63, 3.8) is 0 Å². The van der Waals surface area contributed by atoms with Crippen LogP contribution in [-0.2, 0) is 15.7 Å². The van der Waals surface area contributed by atoms with Gasteiger partial charge in [0.05, 0.1) is 11.6 Å². The van der Waals surface area contributed by atoms with Crippen molar-refractivity contribution in [2.45, 2.75) is 12.6 Å². The molecule has 1 aliphatic rings. The van der Waals surface area contributed by atoms with E-state index in [2.05, 4.69) is 11.1 Å². The van der Waals surface area contributed by atoms with Crippen LogP contribution in [0.5, 0.6) is 0 Å². The molecule has 1 aromatic heterocycles. The fourth-order valence-electron chi connectivity index (χ4n) is 2.76. The molecule has 25 heavy (non-hydrogen) atoms. The number of benzene rings is 1. The summed E-state index contributed by atoms with van der Waals surface area (Å²) >= 11 is 1.32. The van der Waals surface area contributed by atoms with Crippen LogP contribution in [-0.4, -0.2) is 31.0 Å². The first-order valence-corrected chi connectivity index (χ1v) is 10.0. The molecule has 7 nitrogen and oxygen atoms in total. The van der Waals surface area contributed by atoms with Crippen LogP contribution in [0.4, 0.5) is 0 Å². The summed E-state index contributed by atoms with van der Waals surface area (Å²) in [7, 11) is -3.63. The molecule has 0 amide bonds. The molecule has 3 rings (SSSR count). The fraction of sp³-hybridized carbons (Fsp3) is 0.250. The van der Waals surface area contributed by atoms with Gasteiger partial charge in [-0.15, -0.1) is 11.3 Å². The predicted molar refractivity (Wildman–Crippen MR) is 98.1 cm³/mol. The van der Waals surface area contributed by atoms with Crippen LogP contribution < -0.4 is 11.5 Å². The molecule has 2 heterocycles. The highest BCUT2D eigenvalue weighted by atomic mass is 32.2. The summed E-state index contributed by atoms with van der Waals surface area (Å²) in [6.45, 7) is 1.90. The summed E-state index contributed by atoms with van der Waals surface area (Å²) < 4.78 is 25.9. The van der Waals surface area contributed by atoms with Gasteiger partial charge in [-0.3, -0.25) is 0 Å². The highest BCUT2D eigenvalue weighted by Crippen LogP contribution is 2.35. The third kappa shape index (κ3) is 3.11. The minimum atomic E-state index is -3.63. The van der Waals surface area contributed by atoms with E-state index < -0.39 is 15.7 Å². The van der Waals surface area contributed by atoms with Crippen molar-refractivity contribution < 1.29 is 8.42 Å². The minimum absolute atomic E-state index is 0.0994. The first kappa shape index (κ1) is 17.4. The fourth-order valence-corrected chi connectivity index (χ4v) is 5.48. The molecule has 0 saturated heterocycles. The van der Waals surface area contributed by atoms with Crippen LogP contribution in [0.25, 0.3) is 11.1 Å². The largest absolute Gasteiger partial charge is 0.369 e. The molecule has 0 fully saturated rings. The number of thiophene rings is 1. The average molecular weight is 375 g/mol. The van der Waals surface area contributed by atoms with Gasteiger partial charge >= 0.3 is 0 Å². The molecule has 1 aliphatic heterocycles. The van der Waals surface area contributed by atoms with E-state index in [0.717, 1.165) is 15.4 Å². The van der Waals surface area contributed by atoms with E-state index in [1.807, 2.05) is 11.4 Å². The standard InChI is InChI=1S/C16H17N5O2S2/c1-2-21-15(18)20-16(19,10-25(21,22)23)14-7-13(9-24-14)12-5-3-4-11(6-12)8-17/h3-7,9H,2,10,19H2,1H3,(H2,18,20)/t16-/m0/s1. The molecule has 0 aliphatic carbocycles. The number of hydrogen-bond acceptors (Lipinski definition) is 7. The van der Waals surface area contributed by atoms with Crippen LogP contribution in [0.1, 0.15) is 17.4 Å². The molecule has 0 radical (unpaired) electrons. The lowest BCUT2D eigenvalue weighted by molar-refractivity contribution is 0.452. The highest BCUT2D eigenvalue weighted by molar-refractivity contribution is 7.89. The van der Waals surface area contributed by atoms with Crippen molar-refractivity contribution in [1.82, 2.24) is 4.31 Å². The molecule has 4 N–H and O–H groups in total. The van der Waals surface area contributed by atoms with E-state index in [1.54, 1.807) is 31.2 Å². The zero-order chi connectivity index (χ0) is 18.2. The smallest absolute Gasteiger partial charge is 0.241 e. The lowest BCUT2D eigenvalue weighted by atomic mass is 10.0. The lowest BCUT2D eigenvalue weighted by Crippen LogP contribution is -2.56. The number of nitrogens with two attached hydrogens (primary N) is 2. The number of rotatable bonds is 3. The topological polar surface area (TPSA) is 126 Å². The Bertz CT molecular complexity index is 990. The van der Waals surface area contributed by atoms with Gasteiger partial charge in [-0.25, -0.2) is 17.7 Å². The zero-order valence-electron chi connectivity index (χ0n) is 13.5. The third-order valence-corrected chi connectivity index (χ3v) is 6.96. The van der Waals surface area contributed by atoms with Crippen LogP contribution in [0.2, 0.25) is 0 Å². The normalized spacial score (nSPS) is 22.3. The summed E-state index contributed by atoms with van der Waals surface area (Å²) in [6.07, 6.45) is 0. The van der Waals surface area contributed by atoms with E-state index in [-0.39, 0.29) is 18.3 Å². The predicted octanol–water partition coefficient (Wildman–Crippen LogP) is 1.38. The van der Waals surface area contributed by atoms with Crippen LogP contribution in [0.15, 0.2) is 40.7 Å². The van der Waals surface area contributed by atoms with Gasteiger partial charge in [0.2, 0.25) is 16.0 Å². The second-order valence-corrected chi connectivity index (χ2v) is 8.51. The molecular formula is C16H17N5O2S2. The Kier molecular flexibility index (Phi) is 4.28. The maximum atomic E-state index is 12.4. The van der Waals surface area contributed by atoms with Crippen molar-refractivity contribution in [2.75, 3.05) is 12.3 Å². The van der Waals surface area contributed by atoms with Crippen molar-refractivity contribution in [3.8, 4) is 17.2 Å². The first-order valence-electron chi connectivity index (χ1n) is 7.53. The van der Waals surface area contributed by atoms with Crippen molar-refractivity contribution >= 4 is 27.3 Å². The lowest BCUT2D eigenvalue weighted by Gasteiger charge is -2.34. The number of sulfonamides is 1. The maximum absolute atomic E-state index is 12.4. The van der Waals surface area contributed by atoms with Crippen molar-refractivity contribution in [1.29, 1.82) is 5.26 Å². The van der Waals surface area contributed by atoms with Crippen LogP contribution in [0.3, 0.4) is 0 Å². The number of nitrogens with zero attached hydrogens (tertiary/aromatic N) is 3. The Morgan fingerprint density at radius 3 is 2.80 bits per heavy atom. The molecular weight excluding hydrogens is 358 g/mol. The van der Waals surface area contributed by atoms with Gasteiger partial charge < -0.3 is 11.5 Å². The Balaban J connectivity index is 2.02. The molecule has 0 saturated carbocycles. The molecule has 1 atom stereocenters. The molecule has 0 spiro atoms. The quantitative estimate of drug-likeness (QED) is 0.838. The minimum Gasteiger partial charge on any atom is -0.369 e. The number of nitriles is 1. The van der Waals surface area contributed by atoms with Gasteiger partial charge in [0.25, 0.3) is 0 Å².